The minimum Gasteiger partial charge on any atom is -0.506 e. The SMILES string of the molecule is CC(C)c1nc(C(=O)N2CCOC3(CCN(Cc4ccc(F)c(CCNC[C@H](O)c5ccc(O)c6[nH]c(=O)sc56)c4)CC3)C2)cs1.O=C(O)C(F)(F)F. The predicted octanol–water partition coefficient (Wildman–Crippen LogP) is 5.02. The summed E-state index contributed by atoms with van der Waals surface area (Å²) < 4.78 is 53.3. The van der Waals surface area contributed by atoms with Gasteiger partial charge >= 0.3 is 17.0 Å². The van der Waals surface area contributed by atoms with Crippen molar-refractivity contribution in [2.75, 3.05) is 45.9 Å². The number of carbonyl (C=O) groups is 2. The van der Waals surface area contributed by atoms with E-state index in [1.807, 2.05) is 22.4 Å². The van der Waals surface area contributed by atoms with Gasteiger partial charge in [-0.15, -0.1) is 11.3 Å². The number of carboxylic acid groups (broad SMARTS) is 1. The molecule has 2 fully saturated rings. The number of likely N-dealkylation sites (tertiary alicyclic amines) is 1. The van der Waals surface area contributed by atoms with Crippen LogP contribution in [-0.4, -0.2) is 105 Å². The Bertz CT molecular complexity index is 1960. The number of morpholine rings is 1. The highest BCUT2D eigenvalue weighted by Gasteiger charge is 2.41. The van der Waals surface area contributed by atoms with Crippen molar-refractivity contribution in [3.63, 3.8) is 0 Å². The van der Waals surface area contributed by atoms with Crippen LogP contribution in [0.4, 0.5) is 17.6 Å². The van der Waals surface area contributed by atoms with Crippen molar-refractivity contribution in [2.45, 2.75) is 63.5 Å². The number of amides is 1. The number of benzene rings is 2. The Hall–Kier alpha value is -3.94. The Labute approximate surface area is 310 Å². The molecule has 18 heteroatoms. The summed E-state index contributed by atoms with van der Waals surface area (Å²) in [5.41, 5.74) is 2.69. The van der Waals surface area contributed by atoms with Gasteiger partial charge in [-0.3, -0.25) is 14.5 Å². The molecular formula is C35H41F4N5O7S2. The minimum atomic E-state index is -5.08. The number of hydrogen-bond donors (Lipinski definition) is 5. The zero-order valence-corrected chi connectivity index (χ0v) is 30.7. The second-order valence-electron chi connectivity index (χ2n) is 13.4. The first-order valence-corrected chi connectivity index (χ1v) is 18.7. The van der Waals surface area contributed by atoms with Crippen LogP contribution in [0.3, 0.4) is 0 Å². The summed E-state index contributed by atoms with van der Waals surface area (Å²) in [5.74, 6) is -2.78. The molecule has 0 aliphatic carbocycles. The van der Waals surface area contributed by atoms with Crippen molar-refractivity contribution in [3.05, 3.63) is 78.6 Å². The molecule has 2 aliphatic rings. The van der Waals surface area contributed by atoms with Crippen molar-refractivity contribution in [3.8, 4) is 5.75 Å². The number of phenolic OH excluding ortho intramolecular Hbond substituents is 1. The lowest BCUT2D eigenvalue weighted by atomic mass is 9.89. The van der Waals surface area contributed by atoms with Gasteiger partial charge in [-0.05, 0) is 49.1 Å². The molecule has 0 bridgehead atoms. The van der Waals surface area contributed by atoms with Gasteiger partial charge in [-0.2, -0.15) is 13.2 Å². The van der Waals surface area contributed by atoms with Gasteiger partial charge in [-0.25, -0.2) is 14.2 Å². The Balaban J connectivity index is 0.000000705. The predicted molar refractivity (Wildman–Crippen MR) is 191 cm³/mol. The van der Waals surface area contributed by atoms with E-state index in [2.05, 4.69) is 34.0 Å². The number of nitrogens with zero attached hydrogens (tertiary/aromatic N) is 3. The fourth-order valence-corrected chi connectivity index (χ4v) is 8.03. The first kappa shape index (κ1) is 40.2. The van der Waals surface area contributed by atoms with Crippen LogP contribution < -0.4 is 10.2 Å². The zero-order valence-electron chi connectivity index (χ0n) is 29.0. The minimum absolute atomic E-state index is 0.0206. The van der Waals surface area contributed by atoms with Crippen LogP contribution in [0.2, 0.25) is 0 Å². The summed E-state index contributed by atoms with van der Waals surface area (Å²) in [7, 11) is 0. The average molecular weight is 784 g/mol. The largest absolute Gasteiger partial charge is 0.506 e. The van der Waals surface area contributed by atoms with Gasteiger partial charge in [-0.1, -0.05) is 43.4 Å². The number of aromatic amines is 1. The first-order chi connectivity index (χ1) is 25.0. The fourth-order valence-electron chi connectivity index (χ4n) is 6.30. The first-order valence-electron chi connectivity index (χ1n) is 17.0. The lowest BCUT2D eigenvalue weighted by Gasteiger charge is -2.47. The van der Waals surface area contributed by atoms with Crippen LogP contribution in [-0.2, 0) is 22.5 Å². The molecule has 53 heavy (non-hydrogen) atoms. The van der Waals surface area contributed by atoms with Crippen LogP contribution in [0.15, 0.2) is 40.5 Å². The Morgan fingerprint density at radius 1 is 1.15 bits per heavy atom. The number of H-pyrrole nitrogens is 1. The van der Waals surface area contributed by atoms with Crippen molar-refractivity contribution < 1.29 is 47.2 Å². The summed E-state index contributed by atoms with van der Waals surface area (Å²) in [6, 6.07) is 8.32. The number of fused-ring (bicyclic) bond motifs is 1. The molecule has 2 saturated heterocycles. The van der Waals surface area contributed by atoms with E-state index in [1.165, 1.54) is 23.5 Å². The van der Waals surface area contributed by atoms with Crippen molar-refractivity contribution in [1.29, 1.82) is 0 Å². The van der Waals surface area contributed by atoms with Gasteiger partial charge in [0.25, 0.3) is 5.91 Å². The number of aromatic nitrogens is 2. The van der Waals surface area contributed by atoms with Crippen molar-refractivity contribution in [1.82, 2.24) is 25.1 Å². The Kier molecular flexibility index (Phi) is 12.9. The summed E-state index contributed by atoms with van der Waals surface area (Å²) in [6.45, 7) is 8.84. The number of aromatic hydroxyl groups is 1. The number of ether oxygens (including phenoxy) is 1. The highest BCUT2D eigenvalue weighted by atomic mass is 32.1. The molecule has 2 aromatic heterocycles. The number of rotatable bonds is 10. The van der Waals surface area contributed by atoms with E-state index in [-0.39, 0.29) is 34.5 Å². The summed E-state index contributed by atoms with van der Waals surface area (Å²) >= 11 is 2.48. The molecule has 288 valence electrons. The molecule has 12 nitrogen and oxygen atoms in total. The van der Waals surface area contributed by atoms with Gasteiger partial charge in [0.05, 0.1) is 34.6 Å². The number of aliphatic hydroxyl groups excluding tert-OH is 1. The number of alkyl halides is 3. The smallest absolute Gasteiger partial charge is 0.490 e. The number of thiazole rings is 2. The molecule has 2 aliphatic heterocycles. The summed E-state index contributed by atoms with van der Waals surface area (Å²) in [4.78, 5) is 45.0. The molecular weight excluding hydrogens is 743 g/mol. The molecule has 6 rings (SSSR count). The maximum Gasteiger partial charge on any atom is 0.490 e. The number of nitrogens with one attached hydrogen (secondary N) is 2. The number of carbonyl (C=O) groups excluding carboxylic acids is 1. The molecule has 1 spiro atoms. The van der Waals surface area contributed by atoms with E-state index in [9.17, 15) is 37.4 Å². The van der Waals surface area contributed by atoms with Crippen LogP contribution in [0.1, 0.15) is 70.9 Å². The summed E-state index contributed by atoms with van der Waals surface area (Å²) in [5, 5.41) is 33.9. The number of aliphatic hydroxyl groups is 1. The number of hydrogen-bond acceptors (Lipinski definition) is 11. The Morgan fingerprint density at radius 3 is 2.53 bits per heavy atom. The zero-order chi connectivity index (χ0) is 38.5. The van der Waals surface area contributed by atoms with E-state index in [1.54, 1.807) is 6.07 Å². The number of phenols is 1. The van der Waals surface area contributed by atoms with E-state index < -0.39 is 18.2 Å². The summed E-state index contributed by atoms with van der Waals surface area (Å²) in [6.07, 6.45) is -3.89. The molecule has 0 unspecified atom stereocenters. The van der Waals surface area contributed by atoms with Crippen molar-refractivity contribution >= 4 is 44.8 Å². The third-order valence-electron chi connectivity index (χ3n) is 9.15. The lowest BCUT2D eigenvalue weighted by molar-refractivity contribution is -0.192. The lowest BCUT2D eigenvalue weighted by Crippen LogP contribution is -2.58. The van der Waals surface area contributed by atoms with Gasteiger partial charge in [0.15, 0.2) is 0 Å². The third kappa shape index (κ3) is 10.2. The second kappa shape index (κ2) is 17.0. The molecule has 5 N–H and O–H groups in total. The molecule has 4 aromatic rings. The number of halogens is 4. The second-order valence-corrected chi connectivity index (χ2v) is 15.2. The molecule has 1 amide bonds. The van der Waals surface area contributed by atoms with E-state index in [0.29, 0.717) is 72.2 Å². The number of aliphatic carboxylic acids is 1. The monoisotopic (exact) mass is 783 g/mol. The maximum absolute atomic E-state index is 14.7. The Morgan fingerprint density at radius 2 is 1.87 bits per heavy atom. The third-order valence-corrected chi connectivity index (χ3v) is 11.2. The van der Waals surface area contributed by atoms with Gasteiger partial charge in [0.2, 0.25) is 0 Å². The average Bonchev–Trinajstić information content (AvgIpc) is 3.77. The van der Waals surface area contributed by atoms with Crippen LogP contribution in [0.5, 0.6) is 5.75 Å². The highest BCUT2D eigenvalue weighted by molar-refractivity contribution is 7.16. The standard InChI is InChI=1S/C33H40FN5O5S2.C2HF3O2/c1-20(2)30-36-25(18-45-30)31(42)39-13-14-44-33(19-39)8-11-38(12-9-33)17-21-3-5-24(34)22(15-21)7-10-35-16-27(41)23-4-6-26(40)28-29(23)46-32(43)37-28;3-2(4,5)1(6)7/h3-6,15,18,20,27,35,40-41H,7-14,16-17,19H2,1-2H3,(H,37,43);(H,6,7)/t27-;/m0./s1. The van der Waals surface area contributed by atoms with E-state index >= 15 is 0 Å². The maximum atomic E-state index is 14.7. The van der Waals surface area contributed by atoms with Crippen LogP contribution >= 0.6 is 22.7 Å². The number of piperidine rings is 1. The molecule has 0 saturated carbocycles. The quantitative estimate of drug-likeness (QED) is 0.109. The van der Waals surface area contributed by atoms with Gasteiger partial charge in [0, 0.05) is 49.6 Å². The number of carboxylic acids is 1. The highest BCUT2D eigenvalue weighted by Crippen LogP contribution is 2.33. The molecule has 0 radical (unpaired) electrons. The molecule has 4 heterocycles. The molecule has 2 aromatic carbocycles. The van der Waals surface area contributed by atoms with Crippen LogP contribution in [0.25, 0.3) is 10.2 Å². The molecule has 1 atom stereocenters. The van der Waals surface area contributed by atoms with Gasteiger partial charge < -0.3 is 35.3 Å². The van der Waals surface area contributed by atoms with Gasteiger partial charge in [0.1, 0.15) is 22.8 Å². The normalized spacial score (nSPS) is 16.9. The fraction of sp³-hybridized carbons (Fsp3) is 0.486. The van der Waals surface area contributed by atoms with Crippen LogP contribution in [0, 0.1) is 5.82 Å². The van der Waals surface area contributed by atoms with E-state index in [0.717, 1.165) is 47.8 Å². The van der Waals surface area contributed by atoms with Crippen molar-refractivity contribution in [2.24, 2.45) is 0 Å². The van der Waals surface area contributed by atoms with E-state index in [4.69, 9.17) is 14.6 Å². The topological polar surface area (TPSA) is 168 Å².